The lowest BCUT2D eigenvalue weighted by molar-refractivity contribution is -0.139. The van der Waals surface area contributed by atoms with Crippen LogP contribution in [0.25, 0.3) is 10.9 Å². The molecular formula is C55H72N10O12S. The first-order valence-corrected chi connectivity index (χ1v) is 27.1. The highest BCUT2D eigenvalue weighted by molar-refractivity contribution is 7.98. The highest BCUT2D eigenvalue weighted by atomic mass is 32.2. The van der Waals surface area contributed by atoms with Crippen LogP contribution in [-0.2, 0) is 67.2 Å². The van der Waals surface area contributed by atoms with Gasteiger partial charge in [0.25, 0.3) is 0 Å². The molecule has 5 rings (SSSR count). The maximum absolute atomic E-state index is 14.8. The number of aliphatic carboxylic acids is 1. The smallest absolute Gasteiger partial charge is 0.303 e. The third-order valence-corrected chi connectivity index (χ3v) is 13.8. The van der Waals surface area contributed by atoms with Gasteiger partial charge in [0.2, 0.25) is 53.2 Å². The fraction of sp³-hybridized carbons (Fsp3) is 0.455. The van der Waals surface area contributed by atoms with E-state index in [1.54, 1.807) is 54.7 Å². The van der Waals surface area contributed by atoms with E-state index in [1.807, 2.05) is 26.2 Å². The lowest BCUT2D eigenvalue weighted by Gasteiger charge is -2.31. The molecule has 1 heterocycles. The van der Waals surface area contributed by atoms with Gasteiger partial charge in [-0.2, -0.15) is 11.8 Å². The fourth-order valence-electron chi connectivity index (χ4n) is 8.63. The number of phenolic OH excluding ortho intramolecular Hbond substituents is 1. The number of hydrogen-bond acceptors (Lipinski definition) is 12. The summed E-state index contributed by atoms with van der Waals surface area (Å²) in [4.78, 5) is 139. The molecule has 78 heavy (non-hydrogen) atoms. The summed E-state index contributed by atoms with van der Waals surface area (Å²) in [6, 6.07) is 14.2. The number of hydrogen-bond donors (Lipinski definition) is 12. The summed E-state index contributed by atoms with van der Waals surface area (Å²) in [7, 11) is 0. The van der Waals surface area contributed by atoms with Gasteiger partial charge in [-0.15, -0.1) is 0 Å². The van der Waals surface area contributed by atoms with Crippen LogP contribution in [0.5, 0.6) is 5.75 Å². The van der Waals surface area contributed by atoms with Crippen molar-refractivity contribution >= 4 is 81.8 Å². The number of aromatic hydroxyl groups is 1. The van der Waals surface area contributed by atoms with Crippen molar-refractivity contribution in [1.29, 1.82) is 0 Å². The maximum Gasteiger partial charge on any atom is 0.303 e. The number of nitrogens with two attached hydrogens (primary N) is 1. The fourth-order valence-corrected chi connectivity index (χ4v) is 9.10. The van der Waals surface area contributed by atoms with Crippen LogP contribution >= 0.6 is 11.8 Å². The Morgan fingerprint density at radius 1 is 0.667 bits per heavy atom. The van der Waals surface area contributed by atoms with Crippen molar-refractivity contribution in [3.63, 3.8) is 0 Å². The van der Waals surface area contributed by atoms with Crippen molar-refractivity contribution in [2.45, 2.75) is 140 Å². The minimum atomic E-state index is -1.76. The van der Waals surface area contributed by atoms with Crippen LogP contribution in [0.1, 0.15) is 89.8 Å². The van der Waals surface area contributed by atoms with Crippen LogP contribution in [0.15, 0.2) is 85.1 Å². The molecular weight excluding hydrogens is 1020 g/mol. The summed E-state index contributed by atoms with van der Waals surface area (Å²) in [5.41, 5.74) is 4.82. The number of thioether (sulfide) groups is 1. The number of fused-ring (bicyclic) bond motifs is 1. The van der Waals surface area contributed by atoms with E-state index in [0.717, 1.165) is 5.56 Å². The first-order valence-electron chi connectivity index (χ1n) is 25.7. The number of amides is 9. The summed E-state index contributed by atoms with van der Waals surface area (Å²) in [5, 5.41) is 41.9. The van der Waals surface area contributed by atoms with E-state index >= 15 is 0 Å². The van der Waals surface area contributed by atoms with E-state index < -0.39 is 119 Å². The third kappa shape index (κ3) is 18.1. The average molecular weight is 1100 g/mol. The summed E-state index contributed by atoms with van der Waals surface area (Å²) in [6.45, 7) is 7.74. The van der Waals surface area contributed by atoms with Gasteiger partial charge in [0.05, 0.1) is 0 Å². The Morgan fingerprint density at radius 2 is 1.22 bits per heavy atom. The molecule has 23 heteroatoms. The lowest BCUT2D eigenvalue weighted by Crippen LogP contribution is -2.63. The number of phenols is 1. The van der Waals surface area contributed by atoms with Gasteiger partial charge < -0.3 is 63.5 Å². The molecule has 13 N–H and O–H groups in total. The van der Waals surface area contributed by atoms with Crippen molar-refractivity contribution < 1.29 is 58.2 Å². The van der Waals surface area contributed by atoms with E-state index in [-0.39, 0.29) is 56.6 Å². The zero-order valence-electron chi connectivity index (χ0n) is 44.7. The summed E-state index contributed by atoms with van der Waals surface area (Å²) >= 11 is 1.42. The molecule has 0 aliphatic heterocycles. The SMILES string of the molecule is CSCC[C@H](NC(=O)[C@H](Cc1ccccc1)NC(C)=O)C(=O)NC(C)(C)C(=O)N[C@@H](Cc1ccc(O)cc1)C(=O)N[C@@H](Cc1c[nH]c2ccccc12)C(=O)N[C@@H](CCC(=O)O)C(=O)NC1(C(=O)N[C@@H](CC(C)C)C(N)=O)CC1. The number of primary amides is 1. The molecule has 0 saturated heterocycles. The number of carbonyl (C=O) groups is 10. The largest absolute Gasteiger partial charge is 0.508 e. The van der Waals surface area contributed by atoms with Gasteiger partial charge in [-0.3, -0.25) is 47.9 Å². The molecule has 9 amide bonds. The number of carboxylic acids is 1. The Hall–Kier alpha value is -7.95. The number of carbonyl (C=O) groups excluding carboxylic acids is 9. The number of benzene rings is 3. The van der Waals surface area contributed by atoms with Gasteiger partial charge >= 0.3 is 5.97 Å². The quantitative estimate of drug-likeness (QED) is 0.0353. The predicted octanol–water partition coefficient (Wildman–Crippen LogP) is 1.52. The summed E-state index contributed by atoms with van der Waals surface area (Å²) < 4.78 is 0. The minimum Gasteiger partial charge on any atom is -0.508 e. The topological polar surface area (TPSA) is 349 Å². The standard InChI is InChI=1S/C55H72N10O12S/c1-31(2)26-41(46(56)70)62-53(77)55(23-24-55)65-51(75)39(20-21-45(68)69)59-49(73)44(29-35-30-57-38-15-11-10-14-37(35)38)61-48(72)43(28-34-16-18-36(67)19-17-34)63-52(76)54(4,5)64-50(74)40(22-25-78-6)60-47(71)42(58-32(3)66)27-33-12-8-7-9-13-33/h7-19,30-31,39-44,57,67H,20-29H2,1-6H3,(H2,56,70)(H,58,66)(H,59,73)(H,60,71)(H,61,72)(H,62,77)(H,63,76)(H,64,74)(H,65,75)(H,68,69)/t39-,40-,41-,42-,43-,44-/m0/s1. The van der Waals surface area contributed by atoms with E-state index in [9.17, 15) is 58.2 Å². The first-order chi connectivity index (χ1) is 36.9. The molecule has 1 aliphatic carbocycles. The summed E-state index contributed by atoms with van der Waals surface area (Å²) in [5.74, 6) is -7.78. The van der Waals surface area contributed by atoms with E-state index in [4.69, 9.17) is 5.73 Å². The molecule has 1 aromatic heterocycles. The number of para-hydroxylation sites is 1. The van der Waals surface area contributed by atoms with Crippen LogP contribution in [0.3, 0.4) is 0 Å². The van der Waals surface area contributed by atoms with Crippen LogP contribution in [-0.4, -0.2) is 134 Å². The number of carboxylic acid groups (broad SMARTS) is 1. The molecule has 6 atom stereocenters. The third-order valence-electron chi connectivity index (χ3n) is 13.1. The predicted molar refractivity (Wildman–Crippen MR) is 292 cm³/mol. The van der Waals surface area contributed by atoms with Crippen LogP contribution in [0, 0.1) is 5.92 Å². The van der Waals surface area contributed by atoms with Crippen molar-refractivity contribution in [2.24, 2.45) is 11.7 Å². The normalized spacial score (nSPS) is 15.0. The lowest BCUT2D eigenvalue weighted by atomic mass is 9.99. The molecule has 0 spiro atoms. The van der Waals surface area contributed by atoms with Gasteiger partial charge in [-0.1, -0.05) is 74.5 Å². The molecule has 4 aromatic rings. The van der Waals surface area contributed by atoms with Crippen molar-refractivity contribution in [3.05, 3.63) is 102 Å². The Kier molecular flexibility index (Phi) is 21.8. The van der Waals surface area contributed by atoms with E-state index in [2.05, 4.69) is 47.5 Å². The second-order valence-corrected chi connectivity index (χ2v) is 21.5. The van der Waals surface area contributed by atoms with Gasteiger partial charge in [-0.05, 0) is 98.8 Å². The average Bonchev–Trinajstić information content (AvgIpc) is 4.08. The Labute approximate surface area is 456 Å². The number of aromatic nitrogens is 1. The summed E-state index contributed by atoms with van der Waals surface area (Å²) in [6.07, 6.45) is 2.91. The van der Waals surface area contributed by atoms with Crippen molar-refractivity contribution in [2.75, 3.05) is 12.0 Å². The zero-order chi connectivity index (χ0) is 57.3. The Morgan fingerprint density at radius 3 is 1.78 bits per heavy atom. The van der Waals surface area contributed by atoms with Crippen LogP contribution < -0.4 is 48.3 Å². The molecule has 22 nitrogen and oxygen atoms in total. The second-order valence-electron chi connectivity index (χ2n) is 20.5. The van der Waals surface area contributed by atoms with Gasteiger partial charge in [-0.25, -0.2) is 0 Å². The first kappa shape index (κ1) is 60.9. The zero-order valence-corrected chi connectivity index (χ0v) is 45.5. The van der Waals surface area contributed by atoms with Crippen molar-refractivity contribution in [1.82, 2.24) is 47.5 Å². The monoisotopic (exact) mass is 1100 g/mol. The molecule has 0 bridgehead atoms. The molecule has 1 aliphatic rings. The van der Waals surface area contributed by atoms with Gasteiger partial charge in [0.1, 0.15) is 53.1 Å². The molecule has 0 unspecified atom stereocenters. The Bertz CT molecular complexity index is 2800. The maximum atomic E-state index is 14.8. The molecule has 1 fully saturated rings. The molecule has 420 valence electrons. The molecule has 0 radical (unpaired) electrons. The highest BCUT2D eigenvalue weighted by Crippen LogP contribution is 2.36. The minimum absolute atomic E-state index is 0.0155. The Balaban J connectivity index is 1.41. The van der Waals surface area contributed by atoms with E-state index in [1.165, 1.54) is 56.8 Å². The second kappa shape index (κ2) is 27.9. The van der Waals surface area contributed by atoms with Crippen LogP contribution in [0.2, 0.25) is 0 Å². The highest BCUT2D eigenvalue weighted by Gasteiger charge is 2.52. The number of rotatable bonds is 30. The van der Waals surface area contributed by atoms with Crippen LogP contribution in [0.4, 0.5) is 0 Å². The molecule has 1 saturated carbocycles. The number of H-pyrrole nitrogens is 1. The van der Waals surface area contributed by atoms with E-state index in [0.29, 0.717) is 27.8 Å². The molecule has 3 aromatic carbocycles. The number of aromatic amines is 1. The van der Waals surface area contributed by atoms with Gasteiger partial charge in [0, 0.05) is 49.7 Å². The van der Waals surface area contributed by atoms with Gasteiger partial charge in [0.15, 0.2) is 0 Å². The van der Waals surface area contributed by atoms with Crippen molar-refractivity contribution in [3.8, 4) is 5.75 Å². The number of nitrogens with one attached hydrogen (secondary N) is 9.